The van der Waals surface area contributed by atoms with Crippen molar-refractivity contribution in [3.63, 3.8) is 0 Å². The minimum Gasteiger partial charge on any atom is -0.456 e. The number of fused-ring (bicyclic) bond motifs is 13. The van der Waals surface area contributed by atoms with Crippen LogP contribution in [-0.2, 0) is 5.41 Å². The molecule has 66 heavy (non-hydrogen) atoms. The van der Waals surface area contributed by atoms with Gasteiger partial charge in [-0.25, -0.2) is 4.99 Å². The number of benzene rings is 9. The van der Waals surface area contributed by atoms with E-state index >= 15 is 0 Å². The molecule has 312 valence electrons. The first-order valence-corrected chi connectivity index (χ1v) is 22.7. The molecular formula is C60H41N5O. The number of nitrogens with one attached hydrogen (secondary N) is 1. The van der Waals surface area contributed by atoms with Crippen LogP contribution in [0.2, 0.25) is 0 Å². The van der Waals surface area contributed by atoms with Crippen LogP contribution in [0.25, 0.3) is 93.5 Å². The molecule has 3 aromatic heterocycles. The lowest BCUT2D eigenvalue weighted by atomic mass is 9.81. The van der Waals surface area contributed by atoms with Gasteiger partial charge >= 0.3 is 0 Å². The van der Waals surface area contributed by atoms with Crippen LogP contribution in [0.3, 0.4) is 0 Å². The second-order valence-corrected chi connectivity index (χ2v) is 18.2. The third-order valence-corrected chi connectivity index (χ3v) is 14.2. The molecule has 1 N–H and O–H groups in total. The molecule has 6 heteroatoms. The fraction of sp³-hybridized carbons (Fsp3) is 0.0667. The highest BCUT2D eigenvalue weighted by atomic mass is 16.3. The Morgan fingerprint density at radius 3 is 1.79 bits per heavy atom. The second kappa shape index (κ2) is 13.8. The van der Waals surface area contributed by atoms with Crippen LogP contribution in [0.5, 0.6) is 0 Å². The minimum absolute atomic E-state index is 0.280. The predicted octanol–water partition coefficient (Wildman–Crippen LogP) is 14.7. The fourth-order valence-electron chi connectivity index (χ4n) is 11.1. The Morgan fingerprint density at radius 1 is 0.485 bits per heavy atom. The van der Waals surface area contributed by atoms with Crippen LogP contribution in [0.15, 0.2) is 215 Å². The summed E-state index contributed by atoms with van der Waals surface area (Å²) in [5.74, 6) is 1.42. The van der Waals surface area contributed by atoms with Gasteiger partial charge in [0.15, 0.2) is 0 Å². The maximum atomic E-state index is 6.31. The molecule has 1 unspecified atom stereocenters. The summed E-state index contributed by atoms with van der Waals surface area (Å²) in [6, 6.07) is 71.7. The number of nitrogens with zero attached hydrogens (tertiary/aromatic N) is 4. The van der Waals surface area contributed by atoms with E-state index in [1.165, 1.54) is 44.2 Å². The highest BCUT2D eigenvalue weighted by Crippen LogP contribution is 2.51. The number of hydrogen-bond acceptors (Lipinski definition) is 4. The average Bonchev–Trinajstić information content (AvgIpc) is 4.09. The van der Waals surface area contributed by atoms with E-state index in [9.17, 15) is 0 Å². The maximum absolute atomic E-state index is 6.31. The summed E-state index contributed by atoms with van der Waals surface area (Å²) in [4.78, 5) is 11.1. The summed E-state index contributed by atoms with van der Waals surface area (Å²) in [5, 5.41) is 10.8. The smallest absolute Gasteiger partial charge is 0.234 e. The lowest BCUT2D eigenvalue weighted by molar-refractivity contribution is 0.658. The monoisotopic (exact) mass is 847 g/mol. The van der Waals surface area contributed by atoms with Crippen LogP contribution >= 0.6 is 0 Å². The molecule has 2 aliphatic rings. The van der Waals surface area contributed by atoms with E-state index in [4.69, 9.17) is 14.4 Å². The van der Waals surface area contributed by atoms with Gasteiger partial charge < -0.3 is 14.3 Å². The molecule has 0 radical (unpaired) electrons. The summed E-state index contributed by atoms with van der Waals surface area (Å²) in [7, 11) is 0. The topological polar surface area (TPSA) is 59.8 Å². The molecule has 14 rings (SSSR count). The van der Waals surface area contributed by atoms with Crippen LogP contribution < -0.4 is 5.32 Å². The van der Waals surface area contributed by atoms with Crippen LogP contribution in [0, 0.1) is 0 Å². The quantitative estimate of drug-likeness (QED) is 0.192. The Labute approximate surface area is 380 Å². The van der Waals surface area contributed by atoms with Crippen LogP contribution in [0.4, 0.5) is 0 Å². The Bertz CT molecular complexity index is 4050. The first-order valence-electron chi connectivity index (χ1n) is 22.7. The average molecular weight is 848 g/mol. The molecule has 1 aliphatic heterocycles. The van der Waals surface area contributed by atoms with Crippen molar-refractivity contribution < 1.29 is 4.42 Å². The standard InChI is InChI=1S/C60H41N5O/c1-60(2)48-34-37(40-23-15-27-53-54(40)47-22-11-14-26-52(47)66-53)28-30-41(48)42-31-29-38(35-49(42)60)58-61-57(36-16-5-3-6-17-36)62-59(63-58)65-51-25-13-10-21-44(51)46-33-32-45-43-20-9-12-24-50(43)64(55(45)56(46)65)39-18-7-4-8-19-39/h3-35,57H,1-2H3,(H,61,62,63). The van der Waals surface area contributed by atoms with E-state index in [-0.39, 0.29) is 11.6 Å². The number of amidine groups is 1. The molecular weight excluding hydrogens is 807 g/mol. The number of hydrogen-bond donors (Lipinski definition) is 1. The van der Waals surface area contributed by atoms with Gasteiger partial charge in [0.2, 0.25) is 5.96 Å². The van der Waals surface area contributed by atoms with Gasteiger partial charge in [0, 0.05) is 49.0 Å². The van der Waals surface area contributed by atoms with Crippen molar-refractivity contribution >= 4 is 77.3 Å². The van der Waals surface area contributed by atoms with Crippen molar-refractivity contribution in [2.75, 3.05) is 0 Å². The Balaban J connectivity index is 0.958. The zero-order chi connectivity index (χ0) is 43.7. The maximum Gasteiger partial charge on any atom is 0.234 e. The summed E-state index contributed by atoms with van der Waals surface area (Å²) in [6.07, 6.45) is -0.383. The summed E-state index contributed by atoms with van der Waals surface area (Å²) in [6.45, 7) is 4.70. The van der Waals surface area contributed by atoms with Gasteiger partial charge in [-0.2, -0.15) is 4.99 Å². The van der Waals surface area contributed by atoms with Gasteiger partial charge in [-0.3, -0.25) is 4.57 Å². The van der Waals surface area contributed by atoms with Crippen molar-refractivity contribution in [3.8, 4) is 27.9 Å². The fourth-order valence-corrected chi connectivity index (χ4v) is 11.1. The van der Waals surface area contributed by atoms with E-state index in [1.54, 1.807) is 0 Å². The van der Waals surface area contributed by atoms with Gasteiger partial charge in [0.1, 0.15) is 23.2 Å². The lowest BCUT2D eigenvalue weighted by Crippen LogP contribution is -2.35. The van der Waals surface area contributed by atoms with Gasteiger partial charge in [0.05, 0.1) is 22.1 Å². The number of para-hydroxylation sites is 4. The number of aromatic nitrogens is 2. The molecule has 6 nitrogen and oxygen atoms in total. The Morgan fingerprint density at radius 2 is 1.06 bits per heavy atom. The van der Waals surface area contributed by atoms with Crippen molar-refractivity contribution in [3.05, 3.63) is 222 Å². The van der Waals surface area contributed by atoms with E-state index in [2.05, 4.69) is 222 Å². The molecule has 4 heterocycles. The third kappa shape index (κ3) is 5.24. The van der Waals surface area contributed by atoms with E-state index in [1.807, 2.05) is 6.07 Å². The van der Waals surface area contributed by atoms with E-state index in [0.29, 0.717) is 5.96 Å². The molecule has 0 amide bonds. The highest BCUT2D eigenvalue weighted by molar-refractivity contribution is 6.26. The molecule has 9 aromatic carbocycles. The predicted molar refractivity (Wildman–Crippen MR) is 272 cm³/mol. The normalized spacial score (nSPS) is 15.4. The number of aliphatic imine (C=N–C) groups is 2. The van der Waals surface area contributed by atoms with Gasteiger partial charge in [-0.15, -0.1) is 0 Å². The minimum atomic E-state index is -0.383. The van der Waals surface area contributed by atoms with Gasteiger partial charge in [-0.1, -0.05) is 166 Å². The molecule has 0 saturated heterocycles. The van der Waals surface area contributed by atoms with E-state index < -0.39 is 0 Å². The Hall–Kier alpha value is -8.48. The zero-order valence-corrected chi connectivity index (χ0v) is 36.3. The van der Waals surface area contributed by atoms with Crippen molar-refractivity contribution in [2.45, 2.75) is 25.4 Å². The van der Waals surface area contributed by atoms with Crippen molar-refractivity contribution in [1.82, 2.24) is 14.5 Å². The van der Waals surface area contributed by atoms with Crippen molar-refractivity contribution in [1.29, 1.82) is 0 Å². The third-order valence-electron chi connectivity index (χ3n) is 14.2. The number of rotatable bonds is 4. The molecule has 1 aliphatic carbocycles. The molecule has 1 atom stereocenters. The molecule has 0 saturated carbocycles. The molecule has 12 aromatic rings. The summed E-state index contributed by atoms with van der Waals surface area (Å²) >= 11 is 0. The molecule has 0 spiro atoms. The van der Waals surface area contributed by atoms with Crippen LogP contribution in [0.1, 0.15) is 42.3 Å². The molecule has 0 bridgehead atoms. The number of furan rings is 1. The van der Waals surface area contributed by atoms with Crippen molar-refractivity contribution in [2.24, 2.45) is 9.98 Å². The second-order valence-electron chi connectivity index (χ2n) is 18.2. The SMILES string of the molecule is CC1(C)c2cc(C3=NC(n4c5ccccc5c5ccc6c7ccccc7n(-c7ccccc7)c6c54)=NC(c4ccccc4)N3)ccc2-c2ccc(-c3cccc4oc5ccccc5c34)cc21. The largest absolute Gasteiger partial charge is 0.456 e. The van der Waals surface area contributed by atoms with E-state index in [0.717, 1.165) is 77.4 Å². The summed E-state index contributed by atoms with van der Waals surface area (Å²) in [5.41, 5.74) is 16.6. The highest BCUT2D eigenvalue weighted by Gasteiger charge is 2.37. The summed E-state index contributed by atoms with van der Waals surface area (Å²) < 4.78 is 11.0. The van der Waals surface area contributed by atoms with Gasteiger partial charge in [-0.05, 0) is 87.5 Å². The van der Waals surface area contributed by atoms with Gasteiger partial charge in [0.25, 0.3) is 0 Å². The first-order chi connectivity index (χ1) is 32.5. The molecule has 0 fully saturated rings. The van der Waals surface area contributed by atoms with Crippen LogP contribution in [-0.4, -0.2) is 20.9 Å². The first kappa shape index (κ1) is 36.9. The zero-order valence-electron chi connectivity index (χ0n) is 36.3. The lowest BCUT2D eigenvalue weighted by Gasteiger charge is -2.26. The Kier molecular flexibility index (Phi) is 7.70.